The molecule has 0 amide bonds. The van der Waals surface area contributed by atoms with Crippen molar-refractivity contribution in [2.75, 3.05) is 0 Å². The summed E-state index contributed by atoms with van der Waals surface area (Å²) in [6.45, 7) is 7.28. The lowest BCUT2D eigenvalue weighted by Crippen LogP contribution is -2.29. The number of ether oxygens (including phenoxy) is 1. The first-order valence-corrected chi connectivity index (χ1v) is 4.33. The lowest BCUT2D eigenvalue weighted by atomic mass is 9.91. The molecule has 1 N–H and O–H groups in total. The van der Waals surface area contributed by atoms with E-state index in [2.05, 4.69) is 0 Å². The van der Waals surface area contributed by atoms with Crippen LogP contribution >= 0.6 is 0 Å². The standard InChI is InChI=1S/C9H18O3/c1-5-7(10)12-8(11)9(3,4)6-2/h7,10H,5-6H2,1-4H3. The van der Waals surface area contributed by atoms with Gasteiger partial charge in [-0.05, 0) is 20.3 Å². The van der Waals surface area contributed by atoms with E-state index in [1.165, 1.54) is 0 Å². The third kappa shape index (κ3) is 3.22. The van der Waals surface area contributed by atoms with E-state index >= 15 is 0 Å². The Balaban J connectivity index is 4.03. The molecule has 1 atom stereocenters. The molecule has 0 spiro atoms. The minimum absolute atomic E-state index is 0.334. The molecule has 0 bridgehead atoms. The SMILES string of the molecule is CCC(O)OC(=O)C(C)(C)CC. The van der Waals surface area contributed by atoms with Crippen LogP contribution in [0.4, 0.5) is 0 Å². The highest BCUT2D eigenvalue weighted by Crippen LogP contribution is 2.22. The van der Waals surface area contributed by atoms with Crippen molar-refractivity contribution in [3.63, 3.8) is 0 Å². The second-order valence-corrected chi connectivity index (χ2v) is 3.51. The van der Waals surface area contributed by atoms with E-state index in [1.807, 2.05) is 6.92 Å². The van der Waals surface area contributed by atoms with E-state index < -0.39 is 11.7 Å². The molecule has 3 nitrogen and oxygen atoms in total. The summed E-state index contributed by atoms with van der Waals surface area (Å²) in [7, 11) is 0. The quantitative estimate of drug-likeness (QED) is 0.521. The van der Waals surface area contributed by atoms with Crippen LogP contribution in [0.3, 0.4) is 0 Å². The van der Waals surface area contributed by atoms with Crippen molar-refractivity contribution in [2.45, 2.75) is 46.8 Å². The van der Waals surface area contributed by atoms with Gasteiger partial charge in [0.25, 0.3) is 0 Å². The average Bonchev–Trinajstić information content (AvgIpc) is 2.04. The molecule has 12 heavy (non-hydrogen) atoms. The van der Waals surface area contributed by atoms with Gasteiger partial charge in [-0.15, -0.1) is 0 Å². The van der Waals surface area contributed by atoms with Crippen LogP contribution in [0.5, 0.6) is 0 Å². The maximum Gasteiger partial charge on any atom is 0.313 e. The molecule has 0 heterocycles. The highest BCUT2D eigenvalue weighted by atomic mass is 16.6. The Morgan fingerprint density at radius 1 is 1.50 bits per heavy atom. The molecule has 0 aromatic heterocycles. The van der Waals surface area contributed by atoms with Crippen molar-refractivity contribution < 1.29 is 14.6 Å². The number of carbonyl (C=O) groups is 1. The maximum absolute atomic E-state index is 11.3. The molecule has 3 heteroatoms. The molecular formula is C9H18O3. The smallest absolute Gasteiger partial charge is 0.313 e. The van der Waals surface area contributed by atoms with E-state index in [0.717, 1.165) is 0 Å². The molecule has 0 aliphatic carbocycles. The van der Waals surface area contributed by atoms with Crippen LogP contribution in [0, 0.1) is 5.41 Å². The van der Waals surface area contributed by atoms with Gasteiger partial charge < -0.3 is 9.84 Å². The van der Waals surface area contributed by atoms with Gasteiger partial charge >= 0.3 is 5.97 Å². The number of carbonyl (C=O) groups excluding carboxylic acids is 1. The van der Waals surface area contributed by atoms with Crippen molar-refractivity contribution in [3.8, 4) is 0 Å². The van der Waals surface area contributed by atoms with Crippen molar-refractivity contribution in [1.82, 2.24) is 0 Å². The van der Waals surface area contributed by atoms with Crippen molar-refractivity contribution >= 4 is 5.97 Å². The third-order valence-electron chi connectivity index (χ3n) is 2.03. The van der Waals surface area contributed by atoms with Crippen LogP contribution in [-0.4, -0.2) is 17.4 Å². The number of aliphatic hydroxyl groups excluding tert-OH is 1. The zero-order chi connectivity index (χ0) is 9.78. The third-order valence-corrected chi connectivity index (χ3v) is 2.03. The second kappa shape index (κ2) is 4.45. The number of hydrogen-bond donors (Lipinski definition) is 1. The first-order valence-electron chi connectivity index (χ1n) is 4.33. The molecule has 72 valence electrons. The molecular weight excluding hydrogens is 156 g/mol. The van der Waals surface area contributed by atoms with E-state index in [4.69, 9.17) is 9.84 Å². The number of esters is 1. The number of rotatable bonds is 4. The Morgan fingerprint density at radius 2 is 2.00 bits per heavy atom. The summed E-state index contributed by atoms with van der Waals surface area (Å²) in [6.07, 6.45) is 0.191. The summed E-state index contributed by atoms with van der Waals surface area (Å²) in [4.78, 5) is 11.3. The zero-order valence-electron chi connectivity index (χ0n) is 8.26. The van der Waals surface area contributed by atoms with Gasteiger partial charge in [-0.25, -0.2) is 0 Å². The largest absolute Gasteiger partial charge is 0.436 e. The first kappa shape index (κ1) is 11.4. The van der Waals surface area contributed by atoms with Gasteiger partial charge in [0, 0.05) is 6.42 Å². The predicted octanol–water partition coefficient (Wildman–Crippen LogP) is 1.69. The Labute approximate surface area is 73.7 Å². The normalized spacial score (nSPS) is 14.1. The lowest BCUT2D eigenvalue weighted by Gasteiger charge is -2.22. The topological polar surface area (TPSA) is 46.5 Å². The molecule has 0 aliphatic rings. The maximum atomic E-state index is 11.3. The van der Waals surface area contributed by atoms with Crippen LogP contribution in [-0.2, 0) is 9.53 Å². The van der Waals surface area contributed by atoms with Crippen LogP contribution in [0.25, 0.3) is 0 Å². The minimum Gasteiger partial charge on any atom is -0.436 e. The minimum atomic E-state index is -0.955. The molecule has 0 saturated heterocycles. The zero-order valence-corrected chi connectivity index (χ0v) is 8.26. The Kier molecular flexibility index (Phi) is 4.24. The lowest BCUT2D eigenvalue weighted by molar-refractivity contribution is -0.178. The predicted molar refractivity (Wildman–Crippen MR) is 46.5 cm³/mol. The fourth-order valence-electron chi connectivity index (χ4n) is 0.511. The van der Waals surface area contributed by atoms with Crippen LogP contribution in [0.15, 0.2) is 0 Å². The van der Waals surface area contributed by atoms with Crippen LogP contribution in [0.2, 0.25) is 0 Å². The van der Waals surface area contributed by atoms with Crippen molar-refractivity contribution in [3.05, 3.63) is 0 Å². The molecule has 0 saturated carbocycles. The van der Waals surface area contributed by atoms with Gasteiger partial charge in [0.2, 0.25) is 0 Å². The van der Waals surface area contributed by atoms with Crippen molar-refractivity contribution in [2.24, 2.45) is 5.41 Å². The number of hydrogen-bond acceptors (Lipinski definition) is 3. The van der Waals surface area contributed by atoms with E-state index in [9.17, 15) is 4.79 Å². The second-order valence-electron chi connectivity index (χ2n) is 3.51. The van der Waals surface area contributed by atoms with E-state index in [-0.39, 0.29) is 5.97 Å². The monoisotopic (exact) mass is 174 g/mol. The number of aliphatic hydroxyl groups is 1. The highest BCUT2D eigenvalue weighted by Gasteiger charge is 2.28. The summed E-state index contributed by atoms with van der Waals surface area (Å²) >= 11 is 0. The summed E-state index contributed by atoms with van der Waals surface area (Å²) in [5, 5.41) is 9.04. The van der Waals surface area contributed by atoms with Gasteiger partial charge in [-0.1, -0.05) is 13.8 Å². The summed E-state index contributed by atoms with van der Waals surface area (Å²) < 4.78 is 4.77. The Hall–Kier alpha value is -0.570. The van der Waals surface area contributed by atoms with Gasteiger partial charge in [0.15, 0.2) is 6.29 Å². The van der Waals surface area contributed by atoms with Crippen molar-refractivity contribution in [1.29, 1.82) is 0 Å². The van der Waals surface area contributed by atoms with Crippen LogP contribution < -0.4 is 0 Å². The van der Waals surface area contributed by atoms with Gasteiger partial charge in [0.1, 0.15) is 0 Å². The van der Waals surface area contributed by atoms with Crippen LogP contribution in [0.1, 0.15) is 40.5 Å². The summed E-state index contributed by atoms with van der Waals surface area (Å²) in [5.74, 6) is -0.334. The fraction of sp³-hybridized carbons (Fsp3) is 0.889. The summed E-state index contributed by atoms with van der Waals surface area (Å²) in [5.41, 5.74) is -0.490. The molecule has 0 aromatic rings. The highest BCUT2D eigenvalue weighted by molar-refractivity contribution is 5.75. The van der Waals surface area contributed by atoms with Gasteiger partial charge in [-0.3, -0.25) is 4.79 Å². The fourth-order valence-corrected chi connectivity index (χ4v) is 0.511. The van der Waals surface area contributed by atoms with E-state index in [1.54, 1.807) is 20.8 Å². The summed E-state index contributed by atoms with van der Waals surface area (Å²) in [6, 6.07) is 0. The molecule has 0 aromatic carbocycles. The first-order chi connectivity index (χ1) is 5.44. The molecule has 0 fully saturated rings. The Morgan fingerprint density at radius 3 is 2.33 bits per heavy atom. The van der Waals surface area contributed by atoms with Gasteiger partial charge in [0.05, 0.1) is 5.41 Å². The molecule has 0 aliphatic heterocycles. The van der Waals surface area contributed by atoms with Gasteiger partial charge in [-0.2, -0.15) is 0 Å². The molecule has 0 rings (SSSR count). The molecule has 1 unspecified atom stereocenters. The average molecular weight is 174 g/mol. The molecule has 0 radical (unpaired) electrons. The Bertz CT molecular complexity index is 152. The van der Waals surface area contributed by atoms with E-state index in [0.29, 0.717) is 12.8 Å².